The van der Waals surface area contributed by atoms with Crippen LogP contribution in [-0.2, 0) is 16.6 Å². The highest BCUT2D eigenvalue weighted by Gasteiger charge is 2.17. The Kier molecular flexibility index (Phi) is 6.87. The number of nitrogens with one attached hydrogen (secondary N) is 1. The second kappa shape index (κ2) is 9.56. The van der Waals surface area contributed by atoms with E-state index in [4.69, 9.17) is 11.6 Å². The zero-order chi connectivity index (χ0) is 21.6. The van der Waals surface area contributed by atoms with Crippen LogP contribution in [0.4, 0.5) is 5.69 Å². The van der Waals surface area contributed by atoms with Gasteiger partial charge in [0.05, 0.1) is 24.7 Å². The number of benzene rings is 3. The molecular formula is C22H20ClN3O3S. The summed E-state index contributed by atoms with van der Waals surface area (Å²) >= 11 is 6.04. The molecule has 0 saturated carbocycles. The Balaban J connectivity index is 1.68. The summed E-state index contributed by atoms with van der Waals surface area (Å²) in [7, 11) is -3.46. The summed E-state index contributed by atoms with van der Waals surface area (Å²) in [6.07, 6.45) is 2.64. The summed E-state index contributed by atoms with van der Waals surface area (Å²) in [6, 6.07) is 22.7. The van der Waals surface area contributed by atoms with E-state index in [0.29, 0.717) is 21.8 Å². The van der Waals surface area contributed by atoms with Crippen molar-refractivity contribution < 1.29 is 13.2 Å². The van der Waals surface area contributed by atoms with Crippen molar-refractivity contribution in [3.05, 3.63) is 101 Å². The van der Waals surface area contributed by atoms with Crippen LogP contribution in [0.1, 0.15) is 21.5 Å². The number of hydrogen-bond donors (Lipinski definition) is 1. The molecule has 3 rings (SSSR count). The lowest BCUT2D eigenvalue weighted by molar-refractivity contribution is 0.0955. The lowest BCUT2D eigenvalue weighted by Crippen LogP contribution is -2.29. The lowest BCUT2D eigenvalue weighted by Gasteiger charge is -2.22. The molecular weight excluding hydrogens is 422 g/mol. The number of amides is 1. The zero-order valence-corrected chi connectivity index (χ0v) is 17.8. The highest BCUT2D eigenvalue weighted by atomic mass is 35.5. The van der Waals surface area contributed by atoms with Crippen LogP contribution in [0.15, 0.2) is 84.0 Å². The minimum Gasteiger partial charge on any atom is -0.267 e. The predicted molar refractivity (Wildman–Crippen MR) is 120 cm³/mol. The van der Waals surface area contributed by atoms with Crippen LogP contribution in [0.5, 0.6) is 0 Å². The third-order valence-corrected chi connectivity index (χ3v) is 5.75. The quantitative estimate of drug-likeness (QED) is 0.443. The smallest absolute Gasteiger partial charge is 0.267 e. The van der Waals surface area contributed by atoms with E-state index in [9.17, 15) is 13.2 Å². The molecule has 0 radical (unpaired) electrons. The SMILES string of the molecule is CS(=O)(=O)N(Cc1ccc(C(=O)N/N=C\c2ccccc2Cl)cc1)c1ccccc1. The molecule has 0 spiro atoms. The van der Waals surface area contributed by atoms with Crippen LogP contribution in [-0.4, -0.2) is 26.8 Å². The summed E-state index contributed by atoms with van der Waals surface area (Å²) < 4.78 is 25.7. The van der Waals surface area contributed by atoms with Crippen molar-refractivity contribution in [2.24, 2.45) is 5.10 Å². The normalized spacial score (nSPS) is 11.4. The van der Waals surface area contributed by atoms with Gasteiger partial charge in [-0.05, 0) is 35.9 Å². The first-order valence-electron chi connectivity index (χ1n) is 9.04. The van der Waals surface area contributed by atoms with Gasteiger partial charge in [0, 0.05) is 16.1 Å². The standard InChI is InChI=1S/C22H20ClN3O3S/c1-30(28,29)26(20-8-3-2-4-9-20)16-17-11-13-18(14-12-17)22(27)25-24-15-19-7-5-6-10-21(19)23/h2-15H,16H2,1H3,(H,25,27)/b24-15-. The van der Waals surface area contributed by atoms with Gasteiger partial charge in [-0.2, -0.15) is 5.10 Å². The number of hydrazone groups is 1. The topological polar surface area (TPSA) is 78.8 Å². The van der Waals surface area contributed by atoms with E-state index in [-0.39, 0.29) is 12.5 Å². The molecule has 30 heavy (non-hydrogen) atoms. The molecule has 0 saturated heterocycles. The fourth-order valence-electron chi connectivity index (χ4n) is 2.73. The van der Waals surface area contributed by atoms with Gasteiger partial charge in [0.15, 0.2) is 0 Å². The van der Waals surface area contributed by atoms with Crippen molar-refractivity contribution in [3.8, 4) is 0 Å². The van der Waals surface area contributed by atoms with Crippen LogP contribution in [0, 0.1) is 0 Å². The Bertz CT molecular complexity index is 1150. The van der Waals surface area contributed by atoms with Gasteiger partial charge in [-0.25, -0.2) is 13.8 Å². The van der Waals surface area contributed by atoms with Gasteiger partial charge >= 0.3 is 0 Å². The van der Waals surface area contributed by atoms with Crippen molar-refractivity contribution in [2.75, 3.05) is 10.6 Å². The van der Waals surface area contributed by atoms with Gasteiger partial charge < -0.3 is 0 Å². The predicted octanol–water partition coefficient (Wildman–Crippen LogP) is 4.07. The molecule has 3 aromatic rings. The van der Waals surface area contributed by atoms with Crippen LogP contribution >= 0.6 is 11.6 Å². The zero-order valence-electron chi connectivity index (χ0n) is 16.2. The van der Waals surface area contributed by atoms with Gasteiger partial charge in [0.1, 0.15) is 0 Å². The fourth-order valence-corrected chi connectivity index (χ4v) is 3.80. The van der Waals surface area contributed by atoms with Crippen molar-refractivity contribution in [2.45, 2.75) is 6.54 Å². The van der Waals surface area contributed by atoms with Crippen molar-refractivity contribution >= 4 is 39.4 Å². The molecule has 0 aliphatic carbocycles. The van der Waals surface area contributed by atoms with Gasteiger partial charge in [0.25, 0.3) is 5.91 Å². The summed E-state index contributed by atoms with van der Waals surface area (Å²) in [5, 5.41) is 4.46. The molecule has 8 heteroatoms. The Morgan fingerprint density at radius 3 is 2.27 bits per heavy atom. The number of halogens is 1. The van der Waals surface area contributed by atoms with Gasteiger partial charge in [-0.3, -0.25) is 9.10 Å². The number of para-hydroxylation sites is 1. The van der Waals surface area contributed by atoms with E-state index in [1.54, 1.807) is 60.7 Å². The third kappa shape index (κ3) is 5.68. The average Bonchev–Trinajstić information content (AvgIpc) is 2.73. The number of rotatable bonds is 7. The second-order valence-electron chi connectivity index (χ2n) is 6.52. The molecule has 0 fully saturated rings. The van der Waals surface area contributed by atoms with Crippen LogP contribution in [0.25, 0.3) is 0 Å². The number of hydrogen-bond acceptors (Lipinski definition) is 4. The summed E-state index contributed by atoms with van der Waals surface area (Å²) in [4.78, 5) is 12.3. The Labute approximate surface area is 180 Å². The van der Waals surface area contributed by atoms with Crippen LogP contribution in [0.2, 0.25) is 5.02 Å². The minimum atomic E-state index is -3.46. The highest BCUT2D eigenvalue weighted by Crippen LogP contribution is 2.20. The summed E-state index contributed by atoms with van der Waals surface area (Å²) in [6.45, 7) is 0.162. The molecule has 0 atom stereocenters. The van der Waals surface area contributed by atoms with E-state index in [1.165, 1.54) is 16.8 Å². The maximum atomic E-state index is 12.3. The highest BCUT2D eigenvalue weighted by molar-refractivity contribution is 7.92. The molecule has 1 N–H and O–H groups in total. The minimum absolute atomic E-state index is 0.162. The Morgan fingerprint density at radius 2 is 1.63 bits per heavy atom. The molecule has 0 aliphatic heterocycles. The molecule has 154 valence electrons. The first-order chi connectivity index (χ1) is 14.3. The molecule has 6 nitrogen and oxygen atoms in total. The fraction of sp³-hybridized carbons (Fsp3) is 0.0909. The van der Waals surface area contributed by atoms with Crippen LogP contribution in [0.3, 0.4) is 0 Å². The average molecular weight is 442 g/mol. The van der Waals surface area contributed by atoms with Crippen LogP contribution < -0.4 is 9.73 Å². The molecule has 0 unspecified atom stereocenters. The number of nitrogens with zero attached hydrogens (tertiary/aromatic N) is 2. The number of carbonyl (C=O) groups is 1. The van der Waals surface area contributed by atoms with E-state index in [1.807, 2.05) is 18.2 Å². The van der Waals surface area contributed by atoms with Crippen molar-refractivity contribution in [1.82, 2.24) is 5.43 Å². The number of sulfonamides is 1. The first-order valence-corrected chi connectivity index (χ1v) is 11.3. The first kappa shape index (κ1) is 21.5. The maximum Gasteiger partial charge on any atom is 0.271 e. The molecule has 0 bridgehead atoms. The molecule has 0 aliphatic rings. The molecule has 0 heterocycles. The molecule has 3 aromatic carbocycles. The van der Waals surface area contributed by atoms with E-state index >= 15 is 0 Å². The number of anilines is 1. The molecule has 1 amide bonds. The summed E-state index contributed by atoms with van der Waals surface area (Å²) in [5.41, 5.74) is 4.88. The van der Waals surface area contributed by atoms with Crippen molar-refractivity contribution in [1.29, 1.82) is 0 Å². The largest absolute Gasteiger partial charge is 0.271 e. The third-order valence-electron chi connectivity index (χ3n) is 4.26. The van der Waals surface area contributed by atoms with E-state index < -0.39 is 10.0 Å². The Hall–Kier alpha value is -3.16. The van der Waals surface area contributed by atoms with E-state index in [0.717, 1.165) is 5.56 Å². The van der Waals surface area contributed by atoms with Crippen molar-refractivity contribution in [3.63, 3.8) is 0 Å². The van der Waals surface area contributed by atoms with E-state index in [2.05, 4.69) is 10.5 Å². The Morgan fingerprint density at radius 1 is 1.00 bits per heavy atom. The van der Waals surface area contributed by atoms with Gasteiger partial charge in [-0.15, -0.1) is 0 Å². The second-order valence-corrected chi connectivity index (χ2v) is 8.84. The lowest BCUT2D eigenvalue weighted by atomic mass is 10.1. The monoisotopic (exact) mass is 441 g/mol. The maximum absolute atomic E-state index is 12.3. The molecule has 0 aromatic heterocycles. The van der Waals surface area contributed by atoms with Gasteiger partial charge in [0.2, 0.25) is 10.0 Å². The number of carbonyl (C=O) groups excluding carboxylic acids is 1. The van der Waals surface area contributed by atoms with Gasteiger partial charge in [-0.1, -0.05) is 60.1 Å². The summed E-state index contributed by atoms with van der Waals surface area (Å²) in [5.74, 6) is -0.382.